The van der Waals surface area contributed by atoms with E-state index in [2.05, 4.69) is 11.4 Å². The Morgan fingerprint density at radius 2 is 1.56 bits per heavy atom. The second-order valence-electron chi connectivity index (χ2n) is 6.92. The van der Waals surface area contributed by atoms with E-state index < -0.39 is 29.7 Å². The van der Waals surface area contributed by atoms with Crippen LogP contribution in [0.5, 0.6) is 5.75 Å². The number of hydrogen-bond donors (Lipinski definition) is 5. The number of benzene rings is 2. The Morgan fingerprint density at radius 3 is 2.06 bits per heavy atom. The van der Waals surface area contributed by atoms with Crippen molar-refractivity contribution >= 4 is 17.7 Å². The van der Waals surface area contributed by atoms with E-state index in [1.165, 1.54) is 18.0 Å². The molecule has 0 saturated carbocycles. The van der Waals surface area contributed by atoms with Crippen molar-refractivity contribution in [3.63, 3.8) is 0 Å². The van der Waals surface area contributed by atoms with Crippen LogP contribution in [0.3, 0.4) is 0 Å². The van der Waals surface area contributed by atoms with Gasteiger partial charge in [-0.1, -0.05) is 24.3 Å². The molecule has 0 radical (unpaired) electrons. The highest BCUT2D eigenvalue weighted by Crippen LogP contribution is 2.25. The summed E-state index contributed by atoms with van der Waals surface area (Å²) in [5, 5.41) is 29.1. The van der Waals surface area contributed by atoms with Crippen molar-refractivity contribution in [3.8, 4) is 22.9 Å². The van der Waals surface area contributed by atoms with Crippen molar-refractivity contribution in [2.24, 2.45) is 5.92 Å². The molecule has 0 heterocycles. The first kappa shape index (κ1) is 24.3. The number of carbonyl (C=O) groups is 3. The third kappa shape index (κ3) is 6.80. The van der Waals surface area contributed by atoms with Gasteiger partial charge in [-0.25, -0.2) is 11.0 Å². The first-order valence-electron chi connectivity index (χ1n) is 9.77. The van der Waals surface area contributed by atoms with Crippen molar-refractivity contribution in [1.29, 1.82) is 5.26 Å². The number of nitrogens with zero attached hydrogens (tertiary/aromatic N) is 1. The van der Waals surface area contributed by atoms with E-state index in [1.54, 1.807) is 36.4 Å². The Labute approximate surface area is 184 Å². The zero-order valence-electron chi connectivity index (χ0n) is 17.4. The molecule has 0 bridgehead atoms. The predicted molar refractivity (Wildman–Crippen MR) is 112 cm³/mol. The van der Waals surface area contributed by atoms with E-state index in [9.17, 15) is 14.4 Å². The number of carbonyl (C=O) groups excluding carboxylic acids is 3. The van der Waals surface area contributed by atoms with Gasteiger partial charge in [-0.15, -0.1) is 0 Å². The molecule has 168 valence electrons. The van der Waals surface area contributed by atoms with Crippen molar-refractivity contribution in [3.05, 3.63) is 54.1 Å². The van der Waals surface area contributed by atoms with Crippen LogP contribution in [0.15, 0.2) is 48.5 Å². The predicted octanol–water partition coefficient (Wildman–Crippen LogP) is 1.52. The van der Waals surface area contributed by atoms with Crippen LogP contribution in [-0.4, -0.2) is 41.3 Å². The summed E-state index contributed by atoms with van der Waals surface area (Å²) in [6.45, 7) is 0. The standard InChI is InChI=1S/C22H24N4O6/c1-24-21(28)17(8-11-20(27)25-30)12-19(22(29)26-31)32-18-9-6-16(7-10-18)15-4-2-14(13-23)3-5-15/h2-7,9-10,17,19,30-31H,8,11-12H2,1H3,(H,24,28)(H,25,27)(H,26,29). The molecule has 2 atom stereocenters. The average Bonchev–Trinajstić information content (AvgIpc) is 2.85. The Hall–Kier alpha value is -3.94. The molecule has 2 unspecified atom stereocenters. The molecule has 0 fully saturated rings. The normalized spacial score (nSPS) is 12.1. The van der Waals surface area contributed by atoms with Crippen molar-refractivity contribution in [2.75, 3.05) is 7.05 Å². The Bertz CT molecular complexity index is 969. The summed E-state index contributed by atoms with van der Waals surface area (Å²) in [7, 11) is 1.42. The summed E-state index contributed by atoms with van der Waals surface area (Å²) in [6.07, 6.45) is -1.40. The highest BCUT2D eigenvalue weighted by Gasteiger charge is 2.29. The lowest BCUT2D eigenvalue weighted by atomic mass is 9.94. The van der Waals surface area contributed by atoms with E-state index in [-0.39, 0.29) is 19.3 Å². The van der Waals surface area contributed by atoms with Crippen molar-refractivity contribution < 1.29 is 29.5 Å². The van der Waals surface area contributed by atoms with Crippen LogP contribution in [-0.2, 0) is 14.4 Å². The largest absolute Gasteiger partial charge is 0.480 e. The summed E-state index contributed by atoms with van der Waals surface area (Å²) >= 11 is 0. The first-order chi connectivity index (χ1) is 15.4. The van der Waals surface area contributed by atoms with Gasteiger partial charge in [0, 0.05) is 25.8 Å². The van der Waals surface area contributed by atoms with Crippen LogP contribution in [0.2, 0.25) is 0 Å². The molecular weight excluding hydrogens is 416 g/mol. The van der Waals surface area contributed by atoms with E-state index >= 15 is 0 Å². The van der Waals surface area contributed by atoms with E-state index in [1.807, 2.05) is 12.1 Å². The second kappa shape index (κ2) is 12.0. The molecule has 32 heavy (non-hydrogen) atoms. The van der Waals surface area contributed by atoms with Gasteiger partial charge in [-0.05, 0) is 41.8 Å². The monoisotopic (exact) mass is 440 g/mol. The maximum atomic E-state index is 12.2. The third-order valence-corrected chi connectivity index (χ3v) is 4.84. The van der Waals surface area contributed by atoms with Gasteiger partial charge in [-0.2, -0.15) is 5.26 Å². The van der Waals surface area contributed by atoms with Gasteiger partial charge in [0.2, 0.25) is 11.8 Å². The van der Waals surface area contributed by atoms with Crippen LogP contribution < -0.4 is 21.0 Å². The number of hydrogen-bond acceptors (Lipinski definition) is 7. The quantitative estimate of drug-likeness (QED) is 0.276. The minimum Gasteiger partial charge on any atom is -0.480 e. The Morgan fingerprint density at radius 1 is 0.969 bits per heavy atom. The molecule has 2 aromatic rings. The van der Waals surface area contributed by atoms with Crippen molar-refractivity contribution in [2.45, 2.75) is 25.4 Å². The number of rotatable bonds is 10. The van der Waals surface area contributed by atoms with Gasteiger partial charge in [0.15, 0.2) is 6.10 Å². The van der Waals surface area contributed by atoms with Gasteiger partial charge in [0.05, 0.1) is 11.6 Å². The summed E-state index contributed by atoms with van der Waals surface area (Å²) in [4.78, 5) is 35.6. The van der Waals surface area contributed by atoms with Gasteiger partial charge >= 0.3 is 0 Å². The highest BCUT2D eigenvalue weighted by atomic mass is 16.5. The van der Waals surface area contributed by atoms with Gasteiger partial charge in [0.25, 0.3) is 5.91 Å². The van der Waals surface area contributed by atoms with E-state index in [4.69, 9.17) is 20.4 Å². The van der Waals surface area contributed by atoms with Crippen LogP contribution in [0.25, 0.3) is 11.1 Å². The molecule has 3 amide bonds. The fourth-order valence-corrected chi connectivity index (χ4v) is 3.09. The zero-order chi connectivity index (χ0) is 23.5. The average molecular weight is 440 g/mol. The maximum Gasteiger partial charge on any atom is 0.284 e. The molecular formula is C22H24N4O6. The molecule has 5 N–H and O–H groups in total. The van der Waals surface area contributed by atoms with Crippen LogP contribution >= 0.6 is 0 Å². The summed E-state index contributed by atoms with van der Waals surface area (Å²) < 4.78 is 5.71. The second-order valence-corrected chi connectivity index (χ2v) is 6.92. The lowest BCUT2D eigenvalue weighted by Crippen LogP contribution is -2.41. The molecule has 2 rings (SSSR count). The maximum absolute atomic E-state index is 12.2. The molecule has 0 aliphatic carbocycles. The molecule has 0 saturated heterocycles. The Balaban J connectivity index is 2.14. The van der Waals surface area contributed by atoms with Gasteiger partial charge in [-0.3, -0.25) is 24.8 Å². The molecule has 0 aliphatic rings. The zero-order valence-corrected chi connectivity index (χ0v) is 17.4. The number of amides is 3. The van der Waals surface area contributed by atoms with Crippen LogP contribution in [0.4, 0.5) is 0 Å². The van der Waals surface area contributed by atoms with Gasteiger partial charge < -0.3 is 10.1 Å². The lowest BCUT2D eigenvalue weighted by molar-refractivity contribution is -0.138. The summed E-state index contributed by atoms with van der Waals surface area (Å²) in [5.41, 5.74) is 5.33. The summed E-state index contributed by atoms with van der Waals surface area (Å²) in [6, 6.07) is 15.9. The highest BCUT2D eigenvalue weighted by molar-refractivity contribution is 5.83. The van der Waals surface area contributed by atoms with E-state index in [0.717, 1.165) is 11.1 Å². The number of nitriles is 1. The molecule has 0 spiro atoms. The van der Waals surface area contributed by atoms with Crippen molar-refractivity contribution in [1.82, 2.24) is 16.3 Å². The Kier molecular flexibility index (Phi) is 9.16. The number of nitrogens with one attached hydrogen (secondary N) is 3. The lowest BCUT2D eigenvalue weighted by Gasteiger charge is -2.22. The SMILES string of the molecule is CNC(=O)C(CCC(=O)NO)CC(Oc1ccc(-c2ccc(C#N)cc2)cc1)C(=O)NO. The molecule has 2 aromatic carbocycles. The van der Waals surface area contributed by atoms with E-state index in [0.29, 0.717) is 11.3 Å². The topological polar surface area (TPSA) is 161 Å². The molecule has 0 aliphatic heterocycles. The minimum absolute atomic E-state index is 0.0578. The third-order valence-electron chi connectivity index (χ3n) is 4.84. The molecule has 0 aromatic heterocycles. The number of ether oxygens (including phenoxy) is 1. The van der Waals surface area contributed by atoms with Crippen LogP contribution in [0, 0.1) is 17.2 Å². The number of hydroxylamine groups is 2. The molecule has 10 heteroatoms. The smallest absolute Gasteiger partial charge is 0.284 e. The van der Waals surface area contributed by atoms with Gasteiger partial charge in [0.1, 0.15) is 5.75 Å². The fourth-order valence-electron chi connectivity index (χ4n) is 3.09. The molecule has 10 nitrogen and oxygen atoms in total. The summed E-state index contributed by atoms with van der Waals surface area (Å²) in [5.74, 6) is -2.37. The fraction of sp³-hybridized carbons (Fsp3) is 0.273. The van der Waals surface area contributed by atoms with Crippen LogP contribution in [0.1, 0.15) is 24.8 Å². The minimum atomic E-state index is -1.21. The first-order valence-corrected chi connectivity index (χ1v) is 9.77.